The van der Waals surface area contributed by atoms with Crippen LogP contribution in [0.5, 0.6) is 0 Å². The fourth-order valence-electron chi connectivity index (χ4n) is 3.17. The monoisotopic (exact) mass is 434 g/mol. The van der Waals surface area contributed by atoms with Crippen LogP contribution in [0, 0.1) is 0 Å². The molecule has 2 heterocycles. The van der Waals surface area contributed by atoms with Gasteiger partial charge in [-0.15, -0.1) is 0 Å². The summed E-state index contributed by atoms with van der Waals surface area (Å²) in [5, 5.41) is 0.491. The molecule has 3 rings (SSSR count). The van der Waals surface area contributed by atoms with Crippen LogP contribution in [-0.4, -0.2) is 60.9 Å². The first-order valence-electron chi connectivity index (χ1n) is 9.24. The van der Waals surface area contributed by atoms with E-state index in [4.69, 9.17) is 4.74 Å². The number of amides is 1. The highest BCUT2D eigenvalue weighted by Crippen LogP contribution is 2.28. The third-order valence-corrected chi connectivity index (χ3v) is 7.36. The largest absolute Gasteiger partial charge is 0.452 e. The first kappa shape index (κ1) is 21.3. The maximum absolute atomic E-state index is 12.6. The first-order valence-corrected chi connectivity index (χ1v) is 11.9. The van der Waals surface area contributed by atoms with Crippen molar-refractivity contribution in [1.29, 1.82) is 0 Å². The molecule has 9 heteroatoms. The molecule has 0 aliphatic carbocycles. The summed E-state index contributed by atoms with van der Waals surface area (Å²) in [5.74, 6) is -0.998. The summed E-state index contributed by atoms with van der Waals surface area (Å²) in [6.45, 7) is 1.70. The van der Waals surface area contributed by atoms with Crippen molar-refractivity contribution in [1.82, 2.24) is 9.88 Å². The zero-order valence-electron chi connectivity index (χ0n) is 16.0. The van der Waals surface area contributed by atoms with E-state index in [0.29, 0.717) is 18.0 Å². The van der Waals surface area contributed by atoms with Gasteiger partial charge in [0.1, 0.15) is 5.03 Å². The number of benzene rings is 1. The molecule has 1 unspecified atom stereocenters. The number of carbonyl (C=O) groups is 2. The molecule has 0 radical (unpaired) electrons. The summed E-state index contributed by atoms with van der Waals surface area (Å²) >= 11 is 1.33. The van der Waals surface area contributed by atoms with E-state index in [-0.39, 0.29) is 23.1 Å². The number of hydrogen-bond donors (Lipinski definition) is 0. The average molecular weight is 435 g/mol. The molecule has 0 spiro atoms. The Labute approximate surface area is 174 Å². The van der Waals surface area contributed by atoms with Crippen molar-refractivity contribution >= 4 is 33.5 Å². The van der Waals surface area contributed by atoms with Crippen LogP contribution in [0.2, 0.25) is 0 Å². The number of nitrogens with zero attached hydrogens (tertiary/aromatic N) is 2. The first-order chi connectivity index (χ1) is 13.9. The molecular formula is C20H22N2O5S2. The molecule has 29 heavy (non-hydrogen) atoms. The second-order valence-electron chi connectivity index (χ2n) is 6.58. The molecule has 1 aliphatic heterocycles. The number of ether oxygens (including phenoxy) is 1. The second kappa shape index (κ2) is 9.41. The quantitative estimate of drug-likeness (QED) is 0.618. The summed E-state index contributed by atoms with van der Waals surface area (Å²) in [6.07, 6.45) is 2.00. The Morgan fingerprint density at radius 2 is 1.97 bits per heavy atom. The fourth-order valence-corrected chi connectivity index (χ4v) is 5.80. The van der Waals surface area contributed by atoms with Crippen molar-refractivity contribution in [3.63, 3.8) is 0 Å². The van der Waals surface area contributed by atoms with E-state index >= 15 is 0 Å². The van der Waals surface area contributed by atoms with E-state index in [0.717, 1.165) is 4.90 Å². The highest BCUT2D eigenvalue weighted by Gasteiger charge is 2.34. The van der Waals surface area contributed by atoms with Gasteiger partial charge < -0.3 is 9.64 Å². The molecule has 1 atom stereocenters. The van der Waals surface area contributed by atoms with E-state index in [1.807, 2.05) is 30.3 Å². The van der Waals surface area contributed by atoms with E-state index in [2.05, 4.69) is 4.98 Å². The molecule has 0 bridgehead atoms. The van der Waals surface area contributed by atoms with Crippen LogP contribution >= 0.6 is 11.8 Å². The molecular weight excluding hydrogens is 412 g/mol. The van der Waals surface area contributed by atoms with E-state index in [1.54, 1.807) is 25.3 Å². The van der Waals surface area contributed by atoms with E-state index < -0.39 is 28.3 Å². The number of sulfone groups is 1. The molecule has 1 aromatic carbocycles. The van der Waals surface area contributed by atoms with Crippen molar-refractivity contribution in [2.24, 2.45) is 0 Å². The Balaban J connectivity index is 1.64. The lowest BCUT2D eigenvalue weighted by atomic mass is 10.2. The van der Waals surface area contributed by atoms with E-state index in [9.17, 15) is 18.0 Å². The lowest BCUT2D eigenvalue weighted by Crippen LogP contribution is -2.43. The van der Waals surface area contributed by atoms with Gasteiger partial charge >= 0.3 is 5.97 Å². The minimum atomic E-state index is -3.11. The van der Waals surface area contributed by atoms with Crippen LogP contribution in [0.15, 0.2) is 58.6 Å². The van der Waals surface area contributed by atoms with Gasteiger partial charge in [-0.25, -0.2) is 18.2 Å². The molecule has 7 nitrogen and oxygen atoms in total. The molecule has 154 valence electrons. The topological polar surface area (TPSA) is 93.6 Å². The van der Waals surface area contributed by atoms with Crippen molar-refractivity contribution in [2.75, 3.05) is 24.7 Å². The molecule has 1 aromatic heterocycles. The minimum absolute atomic E-state index is 0.0407. The SMILES string of the molecule is CCN(C(=O)COC(=O)c1cccnc1Sc1ccccc1)C1CCS(=O)(=O)C1. The number of esters is 1. The smallest absolute Gasteiger partial charge is 0.341 e. The van der Waals surface area contributed by atoms with Gasteiger partial charge in [0, 0.05) is 23.7 Å². The number of likely N-dealkylation sites (N-methyl/N-ethyl adjacent to an activating group) is 1. The third-order valence-electron chi connectivity index (χ3n) is 4.59. The van der Waals surface area contributed by atoms with Gasteiger partial charge in [0.2, 0.25) is 0 Å². The van der Waals surface area contributed by atoms with E-state index in [1.165, 1.54) is 16.7 Å². The standard InChI is InChI=1S/C20H22N2O5S2/c1-2-22(15-10-12-29(25,26)14-15)18(23)13-27-20(24)17-9-6-11-21-19(17)28-16-7-4-3-5-8-16/h3-9,11,15H,2,10,12-14H2,1H3. The van der Waals surface area contributed by atoms with Crippen molar-refractivity contribution in [3.8, 4) is 0 Å². The Kier molecular flexibility index (Phi) is 6.92. The highest BCUT2D eigenvalue weighted by atomic mass is 32.2. The summed E-state index contributed by atoms with van der Waals surface area (Å²) in [4.78, 5) is 31.7. The van der Waals surface area contributed by atoms with Gasteiger partial charge in [0.25, 0.3) is 5.91 Å². The minimum Gasteiger partial charge on any atom is -0.452 e. The molecule has 1 saturated heterocycles. The Bertz CT molecular complexity index is 979. The normalized spacial score (nSPS) is 17.6. The molecule has 0 saturated carbocycles. The summed E-state index contributed by atoms with van der Waals surface area (Å²) in [7, 11) is -3.11. The van der Waals surface area contributed by atoms with Crippen LogP contribution in [0.25, 0.3) is 0 Å². The fraction of sp³-hybridized carbons (Fsp3) is 0.350. The Morgan fingerprint density at radius 3 is 2.62 bits per heavy atom. The lowest BCUT2D eigenvalue weighted by molar-refractivity contribution is -0.136. The van der Waals surface area contributed by atoms with Crippen LogP contribution < -0.4 is 0 Å². The molecule has 2 aromatic rings. The lowest BCUT2D eigenvalue weighted by Gasteiger charge is -2.26. The van der Waals surface area contributed by atoms with Gasteiger partial charge in [-0.3, -0.25) is 4.79 Å². The van der Waals surface area contributed by atoms with Crippen molar-refractivity contribution in [3.05, 3.63) is 54.2 Å². The molecule has 1 amide bonds. The number of carbonyl (C=O) groups excluding carboxylic acids is 2. The van der Waals surface area contributed by atoms with Crippen LogP contribution in [0.1, 0.15) is 23.7 Å². The zero-order chi connectivity index (χ0) is 20.9. The summed E-state index contributed by atoms with van der Waals surface area (Å²) in [5.41, 5.74) is 0.278. The molecule has 1 fully saturated rings. The number of hydrogen-bond acceptors (Lipinski definition) is 7. The third kappa shape index (κ3) is 5.57. The predicted molar refractivity (Wildman–Crippen MR) is 110 cm³/mol. The summed E-state index contributed by atoms with van der Waals surface area (Å²) in [6, 6.07) is 12.4. The summed E-state index contributed by atoms with van der Waals surface area (Å²) < 4.78 is 28.6. The van der Waals surface area contributed by atoms with Crippen molar-refractivity contribution in [2.45, 2.75) is 29.3 Å². The van der Waals surface area contributed by atoms with Gasteiger partial charge in [-0.2, -0.15) is 0 Å². The van der Waals surface area contributed by atoms with Crippen LogP contribution in [0.4, 0.5) is 0 Å². The van der Waals surface area contributed by atoms with Gasteiger partial charge in [-0.05, 0) is 37.6 Å². The number of rotatable bonds is 7. The average Bonchev–Trinajstić information content (AvgIpc) is 3.07. The predicted octanol–water partition coefficient (Wildman–Crippen LogP) is 2.43. The Hall–Kier alpha value is -2.39. The van der Waals surface area contributed by atoms with Gasteiger partial charge in [0.15, 0.2) is 16.4 Å². The molecule has 1 aliphatic rings. The second-order valence-corrected chi connectivity index (χ2v) is 9.87. The van der Waals surface area contributed by atoms with Crippen molar-refractivity contribution < 1.29 is 22.7 Å². The number of pyridine rings is 1. The van der Waals surface area contributed by atoms with Crippen LogP contribution in [-0.2, 0) is 19.4 Å². The Morgan fingerprint density at radius 1 is 1.21 bits per heavy atom. The zero-order valence-corrected chi connectivity index (χ0v) is 17.6. The maximum atomic E-state index is 12.6. The van der Waals surface area contributed by atoms with Crippen LogP contribution in [0.3, 0.4) is 0 Å². The molecule has 0 N–H and O–H groups in total. The highest BCUT2D eigenvalue weighted by molar-refractivity contribution is 7.99. The number of aromatic nitrogens is 1. The van der Waals surface area contributed by atoms with Gasteiger partial charge in [-0.1, -0.05) is 30.0 Å². The maximum Gasteiger partial charge on any atom is 0.341 e. The van der Waals surface area contributed by atoms with Gasteiger partial charge in [0.05, 0.1) is 17.1 Å².